The van der Waals surface area contributed by atoms with Gasteiger partial charge in [0.25, 0.3) is 5.91 Å². The molecule has 8 heteroatoms. The fourth-order valence-electron chi connectivity index (χ4n) is 3.71. The number of amides is 1. The maximum atomic E-state index is 13.0. The molecular formula is C23H23N5O2S. The SMILES string of the molecule is Cc1nsc(Cc2cc(C#N)ccn2)c1C(=O)Nc1ccc(OC2CCCCC2)nc1. The molecular weight excluding hydrogens is 410 g/mol. The van der Waals surface area contributed by atoms with Gasteiger partial charge < -0.3 is 10.1 Å². The third-order valence-electron chi connectivity index (χ3n) is 5.28. The van der Waals surface area contributed by atoms with E-state index in [1.54, 1.807) is 36.7 Å². The number of aryl methyl sites for hydroxylation is 1. The summed E-state index contributed by atoms with van der Waals surface area (Å²) in [5.41, 5.74) is 3.07. The van der Waals surface area contributed by atoms with Crippen molar-refractivity contribution >= 4 is 23.1 Å². The van der Waals surface area contributed by atoms with Crippen molar-refractivity contribution in [2.75, 3.05) is 5.32 Å². The fourth-order valence-corrected chi connectivity index (χ4v) is 4.59. The molecule has 7 nitrogen and oxygen atoms in total. The van der Waals surface area contributed by atoms with Crippen molar-refractivity contribution in [3.63, 3.8) is 0 Å². The number of carbonyl (C=O) groups is 1. The molecule has 1 amide bonds. The Morgan fingerprint density at radius 1 is 1.26 bits per heavy atom. The van der Waals surface area contributed by atoms with Crippen LogP contribution in [0.1, 0.15) is 64.3 Å². The number of rotatable bonds is 6. The second-order valence-corrected chi connectivity index (χ2v) is 8.47. The number of ether oxygens (including phenoxy) is 1. The summed E-state index contributed by atoms with van der Waals surface area (Å²) < 4.78 is 10.3. The molecule has 158 valence electrons. The van der Waals surface area contributed by atoms with E-state index < -0.39 is 0 Å². The normalized spacial score (nSPS) is 14.1. The van der Waals surface area contributed by atoms with Crippen molar-refractivity contribution in [3.8, 4) is 11.9 Å². The smallest absolute Gasteiger partial charge is 0.258 e. The van der Waals surface area contributed by atoms with Crippen molar-refractivity contribution < 1.29 is 9.53 Å². The van der Waals surface area contributed by atoms with Crippen LogP contribution >= 0.6 is 11.5 Å². The van der Waals surface area contributed by atoms with E-state index >= 15 is 0 Å². The molecule has 0 saturated heterocycles. The highest BCUT2D eigenvalue weighted by Crippen LogP contribution is 2.25. The van der Waals surface area contributed by atoms with E-state index in [1.807, 2.05) is 6.92 Å². The molecule has 3 aromatic rings. The van der Waals surface area contributed by atoms with E-state index in [4.69, 9.17) is 10.00 Å². The lowest BCUT2D eigenvalue weighted by Crippen LogP contribution is -2.20. The van der Waals surface area contributed by atoms with E-state index in [2.05, 4.69) is 25.7 Å². The molecule has 4 rings (SSSR count). The molecule has 1 aliphatic rings. The minimum absolute atomic E-state index is 0.233. The number of nitriles is 1. The Bertz CT molecular complexity index is 1100. The van der Waals surface area contributed by atoms with Gasteiger partial charge in [-0.1, -0.05) is 6.42 Å². The van der Waals surface area contributed by atoms with Crippen LogP contribution in [0.25, 0.3) is 0 Å². The van der Waals surface area contributed by atoms with Crippen LogP contribution in [0.15, 0.2) is 36.7 Å². The Morgan fingerprint density at radius 3 is 2.84 bits per heavy atom. The highest BCUT2D eigenvalue weighted by molar-refractivity contribution is 7.06. The maximum Gasteiger partial charge on any atom is 0.258 e. The summed E-state index contributed by atoms with van der Waals surface area (Å²) >= 11 is 1.28. The Hall–Kier alpha value is -3.31. The molecule has 31 heavy (non-hydrogen) atoms. The lowest BCUT2D eigenvalue weighted by atomic mass is 9.98. The van der Waals surface area contributed by atoms with Gasteiger partial charge in [0.15, 0.2) is 0 Å². The fraction of sp³-hybridized carbons (Fsp3) is 0.348. The lowest BCUT2D eigenvalue weighted by molar-refractivity contribution is 0.102. The van der Waals surface area contributed by atoms with Crippen LogP contribution in [0.5, 0.6) is 5.88 Å². The molecule has 0 atom stereocenters. The van der Waals surface area contributed by atoms with Gasteiger partial charge in [-0.05, 0) is 62.3 Å². The van der Waals surface area contributed by atoms with Crippen molar-refractivity contribution in [1.29, 1.82) is 5.26 Å². The molecule has 1 saturated carbocycles. The molecule has 0 bridgehead atoms. The van der Waals surface area contributed by atoms with Crippen LogP contribution in [0, 0.1) is 18.3 Å². The van der Waals surface area contributed by atoms with E-state index in [9.17, 15) is 4.79 Å². The number of nitrogens with zero attached hydrogens (tertiary/aromatic N) is 4. The van der Waals surface area contributed by atoms with Crippen molar-refractivity contribution in [3.05, 3.63) is 64.1 Å². The van der Waals surface area contributed by atoms with Crippen LogP contribution < -0.4 is 10.1 Å². The van der Waals surface area contributed by atoms with Gasteiger partial charge in [-0.3, -0.25) is 9.78 Å². The second kappa shape index (κ2) is 9.67. The molecule has 1 aliphatic carbocycles. The summed E-state index contributed by atoms with van der Waals surface area (Å²) in [6.07, 6.45) is 9.70. The average molecular weight is 434 g/mol. The first-order valence-corrected chi connectivity index (χ1v) is 11.1. The molecule has 0 radical (unpaired) electrons. The highest BCUT2D eigenvalue weighted by Gasteiger charge is 2.20. The molecule has 0 aliphatic heterocycles. The third kappa shape index (κ3) is 5.25. The summed E-state index contributed by atoms with van der Waals surface area (Å²) in [7, 11) is 0. The molecule has 0 aromatic carbocycles. The third-order valence-corrected chi connectivity index (χ3v) is 6.22. The van der Waals surface area contributed by atoms with Crippen LogP contribution in [0.2, 0.25) is 0 Å². The first-order chi connectivity index (χ1) is 15.1. The van der Waals surface area contributed by atoms with Gasteiger partial charge in [0.2, 0.25) is 5.88 Å². The second-order valence-electron chi connectivity index (χ2n) is 7.61. The maximum absolute atomic E-state index is 13.0. The largest absolute Gasteiger partial charge is 0.474 e. The number of pyridine rings is 2. The summed E-state index contributed by atoms with van der Waals surface area (Å²) in [6.45, 7) is 1.81. The predicted octanol–water partition coefficient (Wildman–Crippen LogP) is 4.67. The van der Waals surface area contributed by atoms with Crippen molar-refractivity contribution in [1.82, 2.24) is 14.3 Å². The van der Waals surface area contributed by atoms with Gasteiger partial charge in [-0.25, -0.2) is 4.98 Å². The first-order valence-electron chi connectivity index (χ1n) is 10.4. The predicted molar refractivity (Wildman–Crippen MR) is 118 cm³/mol. The molecule has 3 aromatic heterocycles. The first kappa shape index (κ1) is 20.9. The lowest BCUT2D eigenvalue weighted by Gasteiger charge is -2.22. The Balaban J connectivity index is 1.43. The molecule has 0 unspecified atom stereocenters. The zero-order chi connectivity index (χ0) is 21.6. The minimum atomic E-state index is -0.236. The van der Waals surface area contributed by atoms with Crippen LogP contribution in [0.4, 0.5) is 5.69 Å². The highest BCUT2D eigenvalue weighted by atomic mass is 32.1. The molecule has 1 N–H and O–H groups in total. The van der Waals surface area contributed by atoms with Gasteiger partial charge in [0.05, 0.1) is 34.8 Å². The number of aromatic nitrogens is 3. The number of hydrogen-bond acceptors (Lipinski definition) is 7. The van der Waals surface area contributed by atoms with Gasteiger partial charge in [0.1, 0.15) is 6.10 Å². The van der Waals surface area contributed by atoms with Crippen LogP contribution in [0.3, 0.4) is 0 Å². The minimum Gasteiger partial charge on any atom is -0.474 e. The zero-order valence-electron chi connectivity index (χ0n) is 17.3. The molecule has 3 heterocycles. The zero-order valence-corrected chi connectivity index (χ0v) is 18.1. The Morgan fingerprint density at radius 2 is 2.10 bits per heavy atom. The molecule has 0 spiro atoms. The Labute approximate surface area is 185 Å². The average Bonchev–Trinajstić information content (AvgIpc) is 3.16. The number of carbonyl (C=O) groups excluding carboxylic acids is 1. The van der Waals surface area contributed by atoms with Crippen molar-refractivity contribution in [2.24, 2.45) is 0 Å². The van der Waals surface area contributed by atoms with Gasteiger partial charge in [0, 0.05) is 29.3 Å². The van der Waals surface area contributed by atoms with Gasteiger partial charge >= 0.3 is 0 Å². The van der Waals surface area contributed by atoms with Gasteiger partial charge in [-0.2, -0.15) is 9.64 Å². The van der Waals surface area contributed by atoms with Gasteiger partial charge in [-0.15, -0.1) is 0 Å². The van der Waals surface area contributed by atoms with E-state index in [1.165, 1.54) is 30.8 Å². The quantitative estimate of drug-likeness (QED) is 0.606. The van der Waals surface area contributed by atoms with Crippen LogP contribution in [-0.4, -0.2) is 26.4 Å². The van der Waals surface area contributed by atoms with E-state index in [-0.39, 0.29) is 12.0 Å². The number of hydrogen-bond donors (Lipinski definition) is 1. The molecule has 1 fully saturated rings. The Kier molecular flexibility index (Phi) is 6.53. The summed E-state index contributed by atoms with van der Waals surface area (Å²) in [5, 5.41) is 12.0. The van der Waals surface area contributed by atoms with Crippen LogP contribution in [-0.2, 0) is 6.42 Å². The standard InChI is InChI=1S/C23H23N5O2S/c1-15-22(20(31-28-15)12-18-11-16(13-24)9-10-25-18)23(29)27-17-7-8-21(26-14-17)30-19-5-3-2-4-6-19/h7-11,14,19H,2-6,12H2,1H3,(H,27,29). The van der Waals surface area contributed by atoms with Crippen molar-refractivity contribution in [2.45, 2.75) is 51.6 Å². The monoisotopic (exact) mass is 433 g/mol. The van der Waals surface area contributed by atoms with E-state index in [0.717, 1.165) is 23.4 Å². The number of anilines is 1. The summed E-state index contributed by atoms with van der Waals surface area (Å²) in [5.74, 6) is 0.350. The van der Waals surface area contributed by atoms with E-state index in [0.29, 0.717) is 34.8 Å². The topological polar surface area (TPSA) is 101 Å². The summed E-state index contributed by atoms with van der Waals surface area (Å²) in [4.78, 5) is 22.4. The number of nitrogens with one attached hydrogen (secondary N) is 1. The summed E-state index contributed by atoms with van der Waals surface area (Å²) in [6, 6.07) is 9.09.